The first-order valence-corrected chi connectivity index (χ1v) is 12.1. The van der Waals surface area contributed by atoms with E-state index in [1.165, 1.54) is 32.8 Å². The topological polar surface area (TPSA) is 66.8 Å². The molecule has 0 saturated heterocycles. The van der Waals surface area contributed by atoms with Gasteiger partial charge in [-0.25, -0.2) is 0 Å². The highest BCUT2D eigenvalue weighted by atomic mass is 16.5. The van der Waals surface area contributed by atoms with Gasteiger partial charge < -0.3 is 14.9 Å². The van der Waals surface area contributed by atoms with Crippen LogP contribution >= 0.6 is 0 Å². The van der Waals surface area contributed by atoms with Crippen LogP contribution in [-0.2, 0) is 9.53 Å². The lowest BCUT2D eigenvalue weighted by atomic mass is 9.43. The van der Waals surface area contributed by atoms with Crippen LogP contribution in [0.1, 0.15) is 85.0 Å². The van der Waals surface area contributed by atoms with Gasteiger partial charge in [0.1, 0.15) is 0 Å². The molecule has 0 aromatic rings. The molecule has 4 aliphatic rings. The summed E-state index contributed by atoms with van der Waals surface area (Å²) in [5.41, 5.74) is 0.577. The number of carbonyl (C=O) groups is 1. The van der Waals surface area contributed by atoms with E-state index in [1.54, 1.807) is 0 Å². The van der Waals surface area contributed by atoms with Gasteiger partial charge in [-0.3, -0.25) is 4.79 Å². The number of fused-ring (bicyclic) bond motifs is 5. The van der Waals surface area contributed by atoms with Crippen molar-refractivity contribution < 1.29 is 19.7 Å². The summed E-state index contributed by atoms with van der Waals surface area (Å²) in [7, 11) is 1.48. The van der Waals surface area contributed by atoms with Crippen LogP contribution in [0.3, 0.4) is 0 Å². The Bertz CT molecular complexity index is 620. The van der Waals surface area contributed by atoms with Crippen LogP contribution in [0.2, 0.25) is 0 Å². The highest BCUT2D eigenvalue weighted by Gasteiger charge is 2.62. The van der Waals surface area contributed by atoms with E-state index in [4.69, 9.17) is 4.74 Å². The van der Waals surface area contributed by atoms with Gasteiger partial charge in [0.05, 0.1) is 19.3 Å². The summed E-state index contributed by atoms with van der Waals surface area (Å²) in [5, 5.41) is 21.5. The summed E-state index contributed by atoms with van der Waals surface area (Å²) >= 11 is 0. The molecule has 4 aliphatic carbocycles. The molecule has 0 bridgehead atoms. The van der Waals surface area contributed by atoms with E-state index in [2.05, 4.69) is 20.8 Å². The van der Waals surface area contributed by atoms with Gasteiger partial charge in [-0.1, -0.05) is 20.8 Å². The molecule has 166 valence electrons. The highest BCUT2D eigenvalue weighted by Crippen LogP contribution is 2.68. The summed E-state index contributed by atoms with van der Waals surface area (Å²) in [5.74, 6) is 3.17. The van der Waals surface area contributed by atoms with Crippen LogP contribution < -0.4 is 0 Å². The van der Waals surface area contributed by atoms with Crippen molar-refractivity contribution >= 4 is 5.97 Å². The van der Waals surface area contributed by atoms with Crippen molar-refractivity contribution in [1.82, 2.24) is 0 Å². The molecule has 4 unspecified atom stereocenters. The number of methoxy groups -OCH3 is 1. The molecule has 4 fully saturated rings. The van der Waals surface area contributed by atoms with Crippen LogP contribution in [0.15, 0.2) is 0 Å². The Labute approximate surface area is 176 Å². The van der Waals surface area contributed by atoms with Gasteiger partial charge in [0.15, 0.2) is 0 Å². The Kier molecular flexibility index (Phi) is 5.83. The lowest BCUT2D eigenvalue weighted by molar-refractivity contribution is -0.174. The van der Waals surface area contributed by atoms with Crippen LogP contribution in [0.4, 0.5) is 0 Å². The average Bonchev–Trinajstić information content (AvgIpc) is 3.04. The number of esters is 1. The molecular weight excluding hydrogens is 364 g/mol. The third-order valence-corrected chi connectivity index (χ3v) is 10.4. The third-order valence-electron chi connectivity index (χ3n) is 10.4. The monoisotopic (exact) mass is 406 g/mol. The van der Waals surface area contributed by atoms with E-state index in [-0.39, 0.29) is 23.6 Å². The second kappa shape index (κ2) is 7.82. The van der Waals surface area contributed by atoms with Crippen LogP contribution in [0.25, 0.3) is 0 Å². The predicted molar refractivity (Wildman–Crippen MR) is 113 cm³/mol. The second-order valence-electron chi connectivity index (χ2n) is 11.5. The largest absolute Gasteiger partial charge is 0.469 e. The summed E-state index contributed by atoms with van der Waals surface area (Å²) in [4.78, 5) is 11.6. The quantitative estimate of drug-likeness (QED) is 0.671. The second-order valence-corrected chi connectivity index (χ2v) is 11.5. The third kappa shape index (κ3) is 3.46. The zero-order chi connectivity index (χ0) is 21.0. The molecule has 2 N–H and O–H groups in total. The highest BCUT2D eigenvalue weighted by molar-refractivity contribution is 5.69. The SMILES string of the molecule is COC(=O)CC[C@@H](C)[C@H]1CC[C@H]2C3[C@H](O)CC4C[C@H](O)CCC4(C)[C@H]3CCC12C. The fourth-order valence-electron chi connectivity index (χ4n) is 8.82. The van der Waals surface area contributed by atoms with Crippen LogP contribution in [0.5, 0.6) is 0 Å². The first-order chi connectivity index (χ1) is 13.7. The maximum Gasteiger partial charge on any atom is 0.305 e. The van der Waals surface area contributed by atoms with Crippen LogP contribution in [-0.4, -0.2) is 35.5 Å². The van der Waals surface area contributed by atoms with Crippen molar-refractivity contribution in [1.29, 1.82) is 0 Å². The molecule has 29 heavy (non-hydrogen) atoms. The molecule has 4 rings (SSSR count). The van der Waals surface area contributed by atoms with E-state index in [0.29, 0.717) is 47.3 Å². The molecule has 4 nitrogen and oxygen atoms in total. The van der Waals surface area contributed by atoms with E-state index in [0.717, 1.165) is 32.1 Å². The normalized spacial score (nSPS) is 50.2. The Hall–Kier alpha value is -0.610. The number of ether oxygens (including phenoxy) is 1. The summed E-state index contributed by atoms with van der Waals surface area (Å²) in [6.45, 7) is 7.29. The van der Waals surface area contributed by atoms with E-state index in [1.807, 2.05) is 0 Å². The molecule has 4 heteroatoms. The number of hydrogen-bond acceptors (Lipinski definition) is 4. The van der Waals surface area contributed by atoms with E-state index < -0.39 is 0 Å². The summed E-state index contributed by atoms with van der Waals surface area (Å²) in [6, 6.07) is 0. The minimum Gasteiger partial charge on any atom is -0.469 e. The Morgan fingerprint density at radius 2 is 1.72 bits per heavy atom. The zero-order valence-corrected chi connectivity index (χ0v) is 18.9. The van der Waals surface area contributed by atoms with Crippen molar-refractivity contribution in [2.45, 2.75) is 97.2 Å². The molecule has 0 aromatic carbocycles. The minimum atomic E-state index is -0.211. The van der Waals surface area contributed by atoms with Gasteiger partial charge in [0.2, 0.25) is 0 Å². The van der Waals surface area contributed by atoms with E-state index in [9.17, 15) is 15.0 Å². The molecule has 0 aliphatic heterocycles. The lowest BCUT2D eigenvalue weighted by Crippen LogP contribution is -2.58. The van der Waals surface area contributed by atoms with Gasteiger partial charge >= 0.3 is 5.97 Å². The maximum absolute atomic E-state index is 11.6. The predicted octanol–water partition coefficient (Wildman–Crippen LogP) is 4.57. The number of hydrogen-bond donors (Lipinski definition) is 2. The molecule has 0 radical (unpaired) electrons. The first-order valence-electron chi connectivity index (χ1n) is 12.1. The first kappa shape index (κ1) is 21.6. The molecule has 0 amide bonds. The fraction of sp³-hybridized carbons (Fsp3) is 0.960. The lowest BCUT2D eigenvalue weighted by Gasteiger charge is -2.62. The molecular formula is C25H42O4. The fourth-order valence-corrected chi connectivity index (χ4v) is 8.82. The number of carbonyl (C=O) groups excluding carboxylic acids is 1. The smallest absolute Gasteiger partial charge is 0.305 e. The molecule has 0 heterocycles. The average molecular weight is 407 g/mol. The summed E-state index contributed by atoms with van der Waals surface area (Å²) in [6.07, 6.45) is 9.80. The Morgan fingerprint density at radius 3 is 2.45 bits per heavy atom. The van der Waals surface area contributed by atoms with Crippen molar-refractivity contribution in [3.05, 3.63) is 0 Å². The summed E-state index contributed by atoms with van der Waals surface area (Å²) < 4.78 is 4.86. The minimum absolute atomic E-state index is 0.0959. The van der Waals surface area contributed by atoms with Gasteiger partial charge in [-0.05, 0) is 104 Å². The van der Waals surface area contributed by atoms with E-state index >= 15 is 0 Å². The van der Waals surface area contributed by atoms with Gasteiger partial charge in [-0.15, -0.1) is 0 Å². The number of aliphatic hydroxyl groups is 2. The van der Waals surface area contributed by atoms with Crippen molar-refractivity contribution in [3.8, 4) is 0 Å². The zero-order valence-electron chi connectivity index (χ0n) is 18.9. The van der Waals surface area contributed by atoms with Gasteiger partial charge in [0.25, 0.3) is 0 Å². The van der Waals surface area contributed by atoms with Crippen molar-refractivity contribution in [2.24, 2.45) is 46.3 Å². The number of aliphatic hydroxyl groups excluding tert-OH is 2. The molecule has 0 aromatic heterocycles. The molecule has 10 atom stereocenters. The molecule has 0 spiro atoms. The maximum atomic E-state index is 11.6. The van der Waals surface area contributed by atoms with Crippen molar-refractivity contribution in [2.75, 3.05) is 7.11 Å². The Balaban J connectivity index is 1.53. The van der Waals surface area contributed by atoms with Gasteiger partial charge in [-0.2, -0.15) is 0 Å². The Morgan fingerprint density at radius 1 is 1.03 bits per heavy atom. The molecule has 4 saturated carbocycles. The van der Waals surface area contributed by atoms with Crippen molar-refractivity contribution in [3.63, 3.8) is 0 Å². The van der Waals surface area contributed by atoms with Crippen LogP contribution in [0, 0.1) is 46.3 Å². The van der Waals surface area contributed by atoms with Gasteiger partial charge in [0, 0.05) is 6.42 Å². The standard InChI is InChI=1S/C25H42O4/c1-15(5-8-22(28)29-4)18-6-7-19-23-20(10-12-25(18,19)3)24(2)11-9-17(26)13-16(24)14-21(23)27/h15-21,23,26-27H,5-14H2,1-4H3/t15-,16?,17-,18-,19+,20+,21-,23?,24?,25?/m1/s1. The number of rotatable bonds is 4.